The summed E-state index contributed by atoms with van der Waals surface area (Å²) in [7, 11) is -2.47. The minimum atomic E-state index is -4.01. The van der Waals surface area contributed by atoms with Gasteiger partial charge < -0.3 is 4.90 Å². The number of hydrogen-bond donors (Lipinski definition) is 1. The van der Waals surface area contributed by atoms with E-state index in [4.69, 9.17) is 0 Å². The summed E-state index contributed by atoms with van der Waals surface area (Å²) in [6, 6.07) is 16.4. The fourth-order valence-corrected chi connectivity index (χ4v) is 3.84. The van der Waals surface area contributed by atoms with Crippen molar-refractivity contribution in [3.05, 3.63) is 95.6 Å². The van der Waals surface area contributed by atoms with Crippen LogP contribution >= 0.6 is 0 Å². The number of halogens is 2. The molecule has 0 spiro atoms. The Morgan fingerprint density at radius 1 is 0.931 bits per heavy atom. The molecule has 0 aromatic heterocycles. The van der Waals surface area contributed by atoms with Crippen LogP contribution in [0.1, 0.15) is 15.9 Å². The number of nitrogens with zero attached hydrogens (tertiary/aromatic N) is 1. The number of amides is 1. The second kappa shape index (κ2) is 8.40. The largest absolute Gasteiger partial charge is 0.337 e. The summed E-state index contributed by atoms with van der Waals surface area (Å²) in [4.78, 5) is 14.1. The van der Waals surface area contributed by atoms with Gasteiger partial charge in [-0.3, -0.25) is 9.52 Å². The van der Waals surface area contributed by atoms with E-state index in [2.05, 4.69) is 4.72 Å². The maximum absolute atomic E-state index is 13.4. The molecule has 0 bridgehead atoms. The second-order valence-electron chi connectivity index (χ2n) is 6.40. The lowest BCUT2D eigenvalue weighted by atomic mass is 10.1. The predicted octanol–water partition coefficient (Wildman–Crippen LogP) is 4.04. The molecule has 8 heteroatoms. The molecule has 0 fully saturated rings. The average Bonchev–Trinajstić information content (AvgIpc) is 2.68. The molecule has 0 atom stereocenters. The second-order valence-corrected chi connectivity index (χ2v) is 8.08. The molecule has 0 aliphatic rings. The fraction of sp³-hybridized carbons (Fsp3) is 0.0952. The number of rotatable bonds is 6. The summed E-state index contributed by atoms with van der Waals surface area (Å²) in [5.74, 6) is -1.40. The molecule has 0 saturated heterocycles. The minimum absolute atomic E-state index is 0.0907. The summed E-state index contributed by atoms with van der Waals surface area (Å²) in [6.45, 7) is 0.148. The van der Waals surface area contributed by atoms with Crippen LogP contribution in [0, 0.1) is 11.6 Å². The van der Waals surface area contributed by atoms with Gasteiger partial charge in [0, 0.05) is 13.6 Å². The first-order chi connectivity index (χ1) is 13.8. The van der Waals surface area contributed by atoms with E-state index in [0.717, 1.165) is 24.3 Å². The summed E-state index contributed by atoms with van der Waals surface area (Å²) in [6.07, 6.45) is 0. The van der Waals surface area contributed by atoms with Gasteiger partial charge in [-0.25, -0.2) is 17.2 Å². The molecule has 150 valence electrons. The summed E-state index contributed by atoms with van der Waals surface area (Å²) >= 11 is 0. The first-order valence-corrected chi connectivity index (χ1v) is 10.1. The molecule has 0 saturated carbocycles. The molecule has 1 N–H and O–H groups in total. The number of anilines is 1. The highest BCUT2D eigenvalue weighted by Gasteiger charge is 2.20. The third kappa shape index (κ3) is 4.97. The lowest BCUT2D eigenvalue weighted by Crippen LogP contribution is -2.27. The van der Waals surface area contributed by atoms with Gasteiger partial charge in [-0.15, -0.1) is 0 Å². The van der Waals surface area contributed by atoms with Crippen molar-refractivity contribution in [3.63, 3.8) is 0 Å². The molecular formula is C21H18F2N2O3S. The third-order valence-electron chi connectivity index (χ3n) is 4.18. The zero-order valence-electron chi connectivity index (χ0n) is 15.5. The number of hydrogen-bond acceptors (Lipinski definition) is 3. The zero-order chi connectivity index (χ0) is 21.0. The Balaban J connectivity index is 1.84. The van der Waals surface area contributed by atoms with Crippen molar-refractivity contribution in [2.45, 2.75) is 11.4 Å². The van der Waals surface area contributed by atoms with Crippen LogP contribution in [0.5, 0.6) is 0 Å². The average molecular weight is 416 g/mol. The Morgan fingerprint density at radius 2 is 1.62 bits per heavy atom. The molecule has 29 heavy (non-hydrogen) atoms. The molecule has 0 unspecified atom stereocenters. The van der Waals surface area contributed by atoms with Crippen LogP contribution in [0.3, 0.4) is 0 Å². The monoisotopic (exact) mass is 416 g/mol. The van der Waals surface area contributed by atoms with Crippen LogP contribution < -0.4 is 4.72 Å². The van der Waals surface area contributed by atoms with E-state index in [0.29, 0.717) is 5.56 Å². The molecule has 3 aromatic rings. The van der Waals surface area contributed by atoms with Gasteiger partial charge in [0.2, 0.25) is 0 Å². The van der Waals surface area contributed by atoms with E-state index in [1.54, 1.807) is 31.3 Å². The SMILES string of the molecule is CN(Cc1cccc(F)c1)C(=O)c1ccccc1NS(=O)(=O)c1ccc(F)cc1. The van der Waals surface area contributed by atoms with Gasteiger partial charge in [0.05, 0.1) is 16.1 Å². The summed E-state index contributed by atoms with van der Waals surface area (Å²) in [5.41, 5.74) is 0.829. The summed E-state index contributed by atoms with van der Waals surface area (Å²) in [5, 5.41) is 0. The maximum atomic E-state index is 13.4. The molecule has 3 rings (SSSR count). The van der Waals surface area contributed by atoms with Crippen LogP contribution in [-0.2, 0) is 16.6 Å². The topological polar surface area (TPSA) is 66.5 Å². The molecule has 3 aromatic carbocycles. The van der Waals surface area contributed by atoms with Crippen molar-refractivity contribution in [3.8, 4) is 0 Å². The first-order valence-electron chi connectivity index (χ1n) is 8.63. The number of carbonyl (C=O) groups is 1. The highest BCUT2D eigenvalue weighted by atomic mass is 32.2. The van der Waals surface area contributed by atoms with Crippen molar-refractivity contribution in [2.75, 3.05) is 11.8 Å². The molecule has 0 aliphatic heterocycles. The van der Waals surface area contributed by atoms with Gasteiger partial charge in [0.25, 0.3) is 15.9 Å². The van der Waals surface area contributed by atoms with E-state index >= 15 is 0 Å². The number of para-hydroxylation sites is 1. The fourth-order valence-electron chi connectivity index (χ4n) is 2.76. The van der Waals surface area contributed by atoms with E-state index in [1.807, 2.05) is 0 Å². The van der Waals surface area contributed by atoms with Crippen molar-refractivity contribution in [1.29, 1.82) is 0 Å². The zero-order valence-corrected chi connectivity index (χ0v) is 16.3. The van der Waals surface area contributed by atoms with Crippen LogP contribution in [0.15, 0.2) is 77.7 Å². The van der Waals surface area contributed by atoms with Crippen molar-refractivity contribution in [1.82, 2.24) is 4.90 Å². The van der Waals surface area contributed by atoms with E-state index in [-0.39, 0.29) is 22.7 Å². The number of benzene rings is 3. The smallest absolute Gasteiger partial charge is 0.261 e. The Hall–Kier alpha value is -3.26. The van der Waals surface area contributed by atoms with E-state index in [9.17, 15) is 22.0 Å². The Morgan fingerprint density at radius 3 is 2.31 bits per heavy atom. The number of nitrogens with one attached hydrogen (secondary N) is 1. The third-order valence-corrected chi connectivity index (χ3v) is 5.56. The van der Waals surface area contributed by atoms with Crippen molar-refractivity contribution in [2.24, 2.45) is 0 Å². The summed E-state index contributed by atoms with van der Waals surface area (Å²) < 4.78 is 54.0. The van der Waals surface area contributed by atoms with Gasteiger partial charge in [0.15, 0.2) is 0 Å². The van der Waals surface area contributed by atoms with Gasteiger partial charge in [-0.1, -0.05) is 24.3 Å². The maximum Gasteiger partial charge on any atom is 0.261 e. The van der Waals surface area contributed by atoms with Crippen LogP contribution in [0.4, 0.5) is 14.5 Å². The highest BCUT2D eigenvalue weighted by Crippen LogP contribution is 2.22. The van der Waals surface area contributed by atoms with Gasteiger partial charge in [0.1, 0.15) is 11.6 Å². The molecule has 0 heterocycles. The van der Waals surface area contributed by atoms with Gasteiger partial charge >= 0.3 is 0 Å². The van der Waals surface area contributed by atoms with Crippen molar-refractivity contribution < 1.29 is 22.0 Å². The van der Waals surface area contributed by atoms with Gasteiger partial charge in [-0.2, -0.15) is 0 Å². The minimum Gasteiger partial charge on any atom is -0.337 e. The van der Waals surface area contributed by atoms with Crippen LogP contribution in [0.2, 0.25) is 0 Å². The van der Waals surface area contributed by atoms with E-state index < -0.39 is 27.6 Å². The molecule has 0 radical (unpaired) electrons. The molecule has 0 aliphatic carbocycles. The molecular weight excluding hydrogens is 398 g/mol. The quantitative estimate of drug-likeness (QED) is 0.660. The predicted molar refractivity (Wildman–Crippen MR) is 106 cm³/mol. The van der Waals surface area contributed by atoms with Crippen LogP contribution in [-0.4, -0.2) is 26.3 Å². The number of sulfonamides is 1. The highest BCUT2D eigenvalue weighted by molar-refractivity contribution is 7.92. The Kier molecular flexibility index (Phi) is 5.93. The lowest BCUT2D eigenvalue weighted by molar-refractivity contribution is 0.0786. The lowest BCUT2D eigenvalue weighted by Gasteiger charge is -2.20. The standard InChI is InChI=1S/C21H18F2N2O3S/c1-25(14-15-5-4-6-17(23)13-15)21(26)19-7-2-3-8-20(19)24-29(27,28)18-11-9-16(22)10-12-18/h2-13,24H,14H2,1H3. The Bertz CT molecular complexity index is 1130. The Labute approximate surface area is 167 Å². The van der Waals surface area contributed by atoms with Gasteiger partial charge in [-0.05, 0) is 54.1 Å². The molecule has 5 nitrogen and oxygen atoms in total. The van der Waals surface area contributed by atoms with E-state index in [1.165, 1.54) is 29.2 Å². The molecule has 1 amide bonds. The first kappa shape index (κ1) is 20.5. The number of carbonyl (C=O) groups excluding carboxylic acids is 1. The van der Waals surface area contributed by atoms with Crippen molar-refractivity contribution >= 4 is 21.6 Å². The normalized spacial score (nSPS) is 11.1. The van der Waals surface area contributed by atoms with Crippen LogP contribution in [0.25, 0.3) is 0 Å².